The second-order valence-corrected chi connectivity index (χ2v) is 18.1. The van der Waals surface area contributed by atoms with Crippen LogP contribution in [0.25, 0.3) is 0 Å². The second-order valence-electron chi connectivity index (χ2n) is 17.0. The lowest BCUT2D eigenvalue weighted by molar-refractivity contribution is -0.152. The number of nitriles is 2. The third-order valence-electron chi connectivity index (χ3n) is 11.4. The van der Waals surface area contributed by atoms with E-state index in [-0.39, 0.29) is 71.9 Å². The summed E-state index contributed by atoms with van der Waals surface area (Å²) in [4.78, 5) is 50.9. The highest BCUT2D eigenvalue weighted by molar-refractivity contribution is 8.04. The molecule has 382 valence electrons. The summed E-state index contributed by atoms with van der Waals surface area (Å²) in [6.45, 7) is 10.3. The Morgan fingerprint density at radius 3 is 1.67 bits per heavy atom. The lowest BCUT2D eigenvalue weighted by atomic mass is 10.0. The molecule has 0 aromatic heterocycles. The Morgan fingerprint density at radius 2 is 1.20 bits per heavy atom. The number of unbranched alkanes of at least 4 members (excludes halogenated alkanes) is 10. The quantitative estimate of drug-likeness (QED) is 0.0270. The molecular formula is C52H77N5O11S. The van der Waals surface area contributed by atoms with Crippen LogP contribution in [0.5, 0.6) is 0 Å². The van der Waals surface area contributed by atoms with E-state index in [1.54, 1.807) is 6.92 Å². The van der Waals surface area contributed by atoms with Crippen LogP contribution in [0.1, 0.15) is 129 Å². The molecule has 1 aliphatic heterocycles. The molecule has 1 aromatic carbocycles. The number of ether oxygens (including phenoxy) is 5. The van der Waals surface area contributed by atoms with Crippen molar-refractivity contribution in [1.82, 2.24) is 0 Å². The van der Waals surface area contributed by atoms with Crippen molar-refractivity contribution < 1.29 is 53.1 Å². The zero-order valence-corrected chi connectivity index (χ0v) is 42.3. The van der Waals surface area contributed by atoms with Crippen LogP contribution in [-0.2, 0) is 42.9 Å². The summed E-state index contributed by atoms with van der Waals surface area (Å²) in [7, 11) is 0. The number of esters is 2. The molecule has 1 heterocycles. The van der Waals surface area contributed by atoms with Crippen LogP contribution in [0.3, 0.4) is 0 Å². The number of aliphatic carboxylic acids is 2. The van der Waals surface area contributed by atoms with Crippen LogP contribution >= 0.6 is 11.8 Å². The third-order valence-corrected chi connectivity index (χ3v) is 12.7. The minimum absolute atomic E-state index is 0.00367. The molecule has 4 unspecified atom stereocenters. The number of carbonyl (C=O) groups is 4. The SMILES string of the molecule is CCCCCCC/C=C/CC(CC(=O)OCCOCCOCCN(CCOCCOC(=O)CC(C/C=C/CCCCCCC)C(=O)O)c1ccc(N=NC2SC(C#N)=C(C)C2C#N)c(C)c1)C(=O)O. The van der Waals surface area contributed by atoms with Crippen LogP contribution in [0.2, 0.25) is 0 Å². The zero-order valence-electron chi connectivity index (χ0n) is 41.4. The van der Waals surface area contributed by atoms with Gasteiger partial charge < -0.3 is 38.8 Å². The molecule has 2 N–H and O–H groups in total. The predicted octanol–water partition coefficient (Wildman–Crippen LogP) is 10.8. The van der Waals surface area contributed by atoms with Gasteiger partial charge >= 0.3 is 23.9 Å². The first-order valence-corrected chi connectivity index (χ1v) is 25.6. The van der Waals surface area contributed by atoms with Crippen molar-refractivity contribution in [2.24, 2.45) is 28.0 Å². The number of benzene rings is 1. The second kappa shape index (κ2) is 37.8. The lowest BCUT2D eigenvalue weighted by Gasteiger charge is -2.25. The van der Waals surface area contributed by atoms with Gasteiger partial charge in [-0.05, 0) is 81.7 Å². The smallest absolute Gasteiger partial charge is 0.307 e. The Hall–Kier alpha value is -5.07. The van der Waals surface area contributed by atoms with Crippen LogP contribution in [0.4, 0.5) is 11.4 Å². The maximum atomic E-state index is 12.5. The van der Waals surface area contributed by atoms with E-state index in [4.69, 9.17) is 23.7 Å². The van der Waals surface area contributed by atoms with Gasteiger partial charge in [-0.15, -0.1) is 0 Å². The molecule has 0 aliphatic carbocycles. The Balaban J connectivity index is 1.85. The maximum absolute atomic E-state index is 12.5. The first-order chi connectivity index (χ1) is 33.4. The summed E-state index contributed by atoms with van der Waals surface area (Å²) in [6, 6.07) is 10.1. The molecule has 69 heavy (non-hydrogen) atoms. The molecule has 4 atom stereocenters. The van der Waals surface area contributed by atoms with Crippen molar-refractivity contribution in [2.45, 2.75) is 136 Å². The van der Waals surface area contributed by atoms with Crippen LogP contribution in [-0.4, -0.2) is 105 Å². The number of nitrogens with zero attached hydrogens (tertiary/aromatic N) is 5. The summed E-state index contributed by atoms with van der Waals surface area (Å²) >= 11 is 1.23. The molecule has 17 heteroatoms. The van der Waals surface area contributed by atoms with Crippen molar-refractivity contribution in [2.75, 3.05) is 70.8 Å². The van der Waals surface area contributed by atoms with E-state index in [1.165, 1.54) is 50.3 Å². The highest BCUT2D eigenvalue weighted by Crippen LogP contribution is 2.42. The number of carboxylic acids is 2. The average molecular weight is 980 g/mol. The molecular weight excluding hydrogens is 903 g/mol. The van der Waals surface area contributed by atoms with E-state index in [2.05, 4.69) is 41.1 Å². The number of thioether (sulfide) groups is 1. The van der Waals surface area contributed by atoms with Gasteiger partial charge in [-0.25, -0.2) is 0 Å². The fourth-order valence-electron chi connectivity index (χ4n) is 7.19. The van der Waals surface area contributed by atoms with E-state index in [9.17, 15) is 39.9 Å². The monoisotopic (exact) mass is 980 g/mol. The number of carboxylic acid groups (broad SMARTS) is 2. The number of allylic oxidation sites excluding steroid dienone is 5. The summed E-state index contributed by atoms with van der Waals surface area (Å²) in [6.07, 6.45) is 21.2. The topological polar surface area (TPSA) is 230 Å². The van der Waals surface area contributed by atoms with Gasteiger partial charge in [-0.3, -0.25) is 19.2 Å². The van der Waals surface area contributed by atoms with E-state index < -0.39 is 47.0 Å². The molecule has 0 amide bonds. The van der Waals surface area contributed by atoms with Crippen molar-refractivity contribution in [1.29, 1.82) is 10.5 Å². The Kier molecular flexibility index (Phi) is 32.9. The summed E-state index contributed by atoms with van der Waals surface area (Å²) in [5.74, 6) is -5.47. The number of anilines is 1. The lowest BCUT2D eigenvalue weighted by Crippen LogP contribution is -2.31. The fraction of sp³-hybridized carbons (Fsp3) is 0.654. The largest absolute Gasteiger partial charge is 0.481 e. The fourth-order valence-corrected chi connectivity index (χ4v) is 8.30. The minimum atomic E-state index is -1.04. The standard InChI is InChI=1S/C52H77N5O11S/c1-5-7-9-11-13-15-17-19-21-42(51(60)61)36-48(58)67-33-31-65-28-26-57(44-23-24-46(40(3)35-44)55-56-50-45(38-53)41(4)47(39-54)69-50)25-27-64-29-30-66-32-34-68-49(59)37-43(52(62)63)22-20-18-16-14-12-10-8-6-2/h17-20,23-24,35,42-43,45,50H,5-16,21-22,25-34,36-37H2,1-4H3,(H,60,61)(H,62,63)/b19-17+,20-18+,56-55?. The van der Waals surface area contributed by atoms with Crippen molar-refractivity contribution in [3.05, 3.63) is 58.5 Å². The first-order valence-electron chi connectivity index (χ1n) is 24.7. The number of aryl methyl sites for hydroxylation is 1. The van der Waals surface area contributed by atoms with Gasteiger partial charge in [-0.2, -0.15) is 20.8 Å². The van der Waals surface area contributed by atoms with Gasteiger partial charge in [0, 0.05) is 18.8 Å². The van der Waals surface area contributed by atoms with Gasteiger partial charge in [0.25, 0.3) is 0 Å². The van der Waals surface area contributed by atoms with E-state index in [1.807, 2.05) is 49.4 Å². The van der Waals surface area contributed by atoms with E-state index in [0.717, 1.165) is 49.8 Å². The van der Waals surface area contributed by atoms with Gasteiger partial charge in [0.1, 0.15) is 30.6 Å². The average Bonchev–Trinajstić information content (AvgIpc) is 3.64. The molecule has 1 aromatic rings. The third kappa shape index (κ3) is 26.5. The van der Waals surface area contributed by atoms with Gasteiger partial charge in [0.2, 0.25) is 0 Å². The molecule has 0 saturated heterocycles. The summed E-state index contributed by atoms with van der Waals surface area (Å²) in [5.41, 5.74) is 3.02. The normalized spacial score (nSPS) is 15.7. The molecule has 0 fully saturated rings. The van der Waals surface area contributed by atoms with E-state index in [0.29, 0.717) is 35.9 Å². The van der Waals surface area contributed by atoms with Crippen LogP contribution in [0.15, 0.2) is 63.2 Å². The highest BCUT2D eigenvalue weighted by atomic mass is 32.2. The van der Waals surface area contributed by atoms with E-state index >= 15 is 0 Å². The summed E-state index contributed by atoms with van der Waals surface area (Å²) in [5, 5.41) is 46.7. The Morgan fingerprint density at radius 1 is 0.710 bits per heavy atom. The molecule has 16 nitrogen and oxygen atoms in total. The predicted molar refractivity (Wildman–Crippen MR) is 267 cm³/mol. The maximum Gasteiger partial charge on any atom is 0.307 e. The number of hydrogen-bond donors (Lipinski definition) is 2. The van der Waals surface area contributed by atoms with Crippen molar-refractivity contribution in [3.8, 4) is 12.1 Å². The number of carbonyl (C=O) groups excluding carboxylic acids is 2. The van der Waals surface area contributed by atoms with Gasteiger partial charge in [0.05, 0.1) is 81.0 Å². The number of azo groups is 1. The van der Waals surface area contributed by atoms with Crippen molar-refractivity contribution >= 4 is 47.0 Å². The molecule has 0 radical (unpaired) electrons. The molecule has 0 bridgehead atoms. The molecule has 2 rings (SSSR count). The number of rotatable bonds is 40. The zero-order chi connectivity index (χ0) is 50.5. The van der Waals surface area contributed by atoms with Gasteiger partial charge in [0.15, 0.2) is 0 Å². The van der Waals surface area contributed by atoms with Crippen LogP contribution < -0.4 is 4.90 Å². The Bertz CT molecular complexity index is 1890. The first kappa shape index (κ1) is 60.1. The van der Waals surface area contributed by atoms with Crippen LogP contribution in [0, 0.1) is 47.3 Å². The minimum Gasteiger partial charge on any atom is -0.481 e. The summed E-state index contributed by atoms with van der Waals surface area (Å²) < 4.78 is 27.8. The number of hydrogen-bond acceptors (Lipinski definition) is 15. The molecule has 1 aliphatic rings. The highest BCUT2D eigenvalue weighted by Gasteiger charge is 2.34. The van der Waals surface area contributed by atoms with Crippen molar-refractivity contribution in [3.63, 3.8) is 0 Å². The van der Waals surface area contributed by atoms with Gasteiger partial charge in [-0.1, -0.05) is 101 Å². The molecule has 0 spiro atoms. The Labute approximate surface area is 414 Å². The molecule has 0 saturated carbocycles.